The largest absolute Gasteiger partial charge is 0.466 e. The number of rotatable bonds is 2. The molecule has 1 aromatic carbocycles. The van der Waals surface area contributed by atoms with Gasteiger partial charge in [0, 0.05) is 21.7 Å². The summed E-state index contributed by atoms with van der Waals surface area (Å²) in [5, 5.41) is 2.20. The van der Waals surface area contributed by atoms with Crippen LogP contribution in [0, 0.1) is 0 Å². The Kier molecular flexibility index (Phi) is 3.23. The highest BCUT2D eigenvalue weighted by atomic mass is 32.1. The van der Waals surface area contributed by atoms with Gasteiger partial charge in [0.25, 0.3) is 0 Å². The Hall–Kier alpha value is -2.60. The molecule has 0 bridgehead atoms. The van der Waals surface area contributed by atoms with Gasteiger partial charge < -0.3 is 14.9 Å². The third-order valence-electron chi connectivity index (χ3n) is 3.10. The summed E-state index contributed by atoms with van der Waals surface area (Å²) in [4.78, 5) is 24.0. The van der Waals surface area contributed by atoms with Crippen LogP contribution in [0.1, 0.15) is 4.88 Å². The molecule has 0 unspecified atom stereocenters. The number of carbonyl (C=O) groups is 1. The van der Waals surface area contributed by atoms with E-state index >= 15 is 0 Å². The first-order chi connectivity index (χ1) is 10.1. The van der Waals surface area contributed by atoms with Crippen molar-refractivity contribution in [3.05, 3.63) is 45.6 Å². The maximum absolute atomic E-state index is 12.1. The molecule has 0 fully saturated rings. The molecule has 3 aromatic rings. The summed E-state index contributed by atoms with van der Waals surface area (Å²) < 4.78 is 9.84. The average molecular weight is 301 g/mol. The van der Waals surface area contributed by atoms with Crippen molar-refractivity contribution in [2.45, 2.75) is 0 Å². The van der Waals surface area contributed by atoms with Crippen LogP contribution in [0.15, 0.2) is 39.6 Å². The molecule has 0 aliphatic heterocycles. The van der Waals surface area contributed by atoms with Gasteiger partial charge in [0.05, 0.1) is 7.11 Å². The van der Waals surface area contributed by atoms with Crippen molar-refractivity contribution in [1.82, 2.24) is 0 Å². The van der Waals surface area contributed by atoms with Crippen molar-refractivity contribution in [3.63, 3.8) is 0 Å². The Morgan fingerprint density at radius 3 is 2.86 bits per heavy atom. The second-order valence-electron chi connectivity index (χ2n) is 4.32. The Labute approximate surface area is 123 Å². The Morgan fingerprint density at radius 1 is 1.33 bits per heavy atom. The first kappa shape index (κ1) is 13.4. The van der Waals surface area contributed by atoms with Gasteiger partial charge in [-0.1, -0.05) is 18.2 Å². The molecule has 0 atom stereocenters. The van der Waals surface area contributed by atoms with Crippen molar-refractivity contribution >= 4 is 50.1 Å². The van der Waals surface area contributed by atoms with Crippen LogP contribution < -0.4 is 11.4 Å². The van der Waals surface area contributed by atoms with Gasteiger partial charge >= 0.3 is 11.6 Å². The van der Waals surface area contributed by atoms with Crippen LogP contribution in [0.4, 0.5) is 5.00 Å². The molecule has 0 radical (unpaired) electrons. The van der Waals surface area contributed by atoms with E-state index in [1.165, 1.54) is 24.5 Å². The van der Waals surface area contributed by atoms with E-state index in [2.05, 4.69) is 4.74 Å². The van der Waals surface area contributed by atoms with Crippen molar-refractivity contribution in [2.24, 2.45) is 0 Å². The van der Waals surface area contributed by atoms with Crippen LogP contribution in [0.3, 0.4) is 0 Å². The minimum atomic E-state index is -0.477. The third kappa shape index (κ3) is 2.19. The Bertz CT molecular complexity index is 936. The number of anilines is 1. The molecule has 0 amide bonds. The summed E-state index contributed by atoms with van der Waals surface area (Å²) in [5.41, 5.74) is 5.93. The maximum atomic E-state index is 12.1. The first-order valence-electron chi connectivity index (χ1n) is 6.11. The number of hydrogen-bond acceptors (Lipinski definition) is 6. The number of carbonyl (C=O) groups excluding carboxylic acids is 1. The van der Waals surface area contributed by atoms with Gasteiger partial charge in [-0.15, -0.1) is 11.3 Å². The number of hydrogen-bond donors (Lipinski definition) is 1. The molecular formula is C15H11NO4S. The fraction of sp³-hybridized carbons (Fsp3) is 0.0667. The second kappa shape index (κ2) is 5.06. The van der Waals surface area contributed by atoms with E-state index in [1.54, 1.807) is 18.2 Å². The SMILES string of the molecule is COC(=O)/C=C/c1sc(N)c2c(=O)oc3ccccc3c12. The van der Waals surface area contributed by atoms with Crippen molar-refractivity contribution in [1.29, 1.82) is 0 Å². The third-order valence-corrected chi connectivity index (χ3v) is 4.08. The van der Waals surface area contributed by atoms with E-state index in [4.69, 9.17) is 10.2 Å². The minimum absolute atomic E-state index is 0.350. The van der Waals surface area contributed by atoms with Crippen LogP contribution >= 0.6 is 11.3 Å². The van der Waals surface area contributed by atoms with Gasteiger partial charge in [-0.3, -0.25) is 0 Å². The summed E-state index contributed by atoms with van der Waals surface area (Å²) in [5.74, 6) is -0.470. The Balaban J connectivity index is 2.38. The van der Waals surface area contributed by atoms with Gasteiger partial charge in [0.15, 0.2) is 0 Å². The average Bonchev–Trinajstić information content (AvgIpc) is 2.82. The zero-order valence-electron chi connectivity index (χ0n) is 11.1. The molecule has 0 aliphatic carbocycles. The van der Waals surface area contributed by atoms with Gasteiger partial charge in [-0.05, 0) is 12.1 Å². The van der Waals surface area contributed by atoms with E-state index < -0.39 is 11.6 Å². The molecule has 3 rings (SSSR count). The molecule has 2 aromatic heterocycles. The van der Waals surface area contributed by atoms with Crippen molar-refractivity contribution in [3.8, 4) is 0 Å². The second-order valence-corrected chi connectivity index (χ2v) is 5.41. The van der Waals surface area contributed by atoms with Gasteiger partial charge in [0.2, 0.25) is 0 Å². The number of esters is 1. The van der Waals surface area contributed by atoms with Gasteiger partial charge in [0.1, 0.15) is 16.0 Å². The molecule has 0 spiro atoms. The molecule has 0 saturated heterocycles. The van der Waals surface area contributed by atoms with Crippen LogP contribution in [0.2, 0.25) is 0 Å². The monoisotopic (exact) mass is 301 g/mol. The fourth-order valence-corrected chi connectivity index (χ4v) is 3.15. The number of benzene rings is 1. The predicted molar refractivity (Wildman–Crippen MR) is 83.3 cm³/mol. The summed E-state index contributed by atoms with van der Waals surface area (Å²) in [6.07, 6.45) is 2.90. The molecule has 5 nitrogen and oxygen atoms in total. The van der Waals surface area contributed by atoms with Crippen LogP contribution in [-0.2, 0) is 9.53 Å². The highest BCUT2D eigenvalue weighted by Crippen LogP contribution is 2.36. The van der Waals surface area contributed by atoms with Crippen molar-refractivity contribution in [2.75, 3.05) is 12.8 Å². The molecular weight excluding hydrogens is 290 g/mol. The van der Waals surface area contributed by atoms with Crippen molar-refractivity contribution < 1.29 is 13.9 Å². The zero-order chi connectivity index (χ0) is 15.0. The fourth-order valence-electron chi connectivity index (χ4n) is 2.18. The minimum Gasteiger partial charge on any atom is -0.466 e. The highest BCUT2D eigenvalue weighted by Gasteiger charge is 2.16. The number of nitrogen functional groups attached to an aromatic ring is 1. The van der Waals surface area contributed by atoms with Crippen LogP contribution in [-0.4, -0.2) is 13.1 Å². The van der Waals surface area contributed by atoms with Crippen LogP contribution in [0.25, 0.3) is 27.8 Å². The summed E-state index contributed by atoms with van der Waals surface area (Å²) in [7, 11) is 1.30. The molecule has 0 saturated carbocycles. The number of methoxy groups -OCH3 is 1. The smallest absolute Gasteiger partial charge is 0.347 e. The number of ether oxygens (including phenoxy) is 1. The molecule has 6 heteroatoms. The summed E-state index contributed by atoms with van der Waals surface area (Å²) in [6, 6.07) is 7.21. The number of nitrogens with two attached hydrogens (primary N) is 1. The van der Waals surface area contributed by atoms with E-state index in [0.717, 1.165) is 10.3 Å². The van der Waals surface area contributed by atoms with Crippen LogP contribution in [0.5, 0.6) is 0 Å². The molecule has 2 N–H and O–H groups in total. The maximum Gasteiger partial charge on any atom is 0.347 e. The lowest BCUT2D eigenvalue weighted by Gasteiger charge is -1.99. The lowest BCUT2D eigenvalue weighted by molar-refractivity contribution is -0.134. The number of thiophene rings is 1. The lowest BCUT2D eigenvalue weighted by atomic mass is 10.1. The number of para-hydroxylation sites is 1. The van der Waals surface area contributed by atoms with E-state index in [1.807, 2.05) is 12.1 Å². The normalized spacial score (nSPS) is 11.5. The molecule has 21 heavy (non-hydrogen) atoms. The van der Waals surface area contributed by atoms with Gasteiger partial charge in [-0.2, -0.15) is 0 Å². The topological polar surface area (TPSA) is 82.5 Å². The Morgan fingerprint density at radius 2 is 2.10 bits per heavy atom. The predicted octanol–water partition coefficient (Wildman–Crippen LogP) is 2.78. The van der Waals surface area contributed by atoms with E-state index in [0.29, 0.717) is 21.4 Å². The van der Waals surface area contributed by atoms with E-state index in [9.17, 15) is 9.59 Å². The first-order valence-corrected chi connectivity index (χ1v) is 6.93. The standard InChI is InChI=1S/C15H11NO4S/c1-19-11(17)7-6-10-12-8-4-2-3-5-9(8)20-15(18)13(12)14(16)21-10/h2-7H,16H2,1H3/b7-6+. The molecule has 106 valence electrons. The summed E-state index contributed by atoms with van der Waals surface area (Å²) in [6.45, 7) is 0. The lowest BCUT2D eigenvalue weighted by Crippen LogP contribution is -2.00. The highest BCUT2D eigenvalue weighted by molar-refractivity contribution is 7.18. The number of fused-ring (bicyclic) bond motifs is 3. The zero-order valence-corrected chi connectivity index (χ0v) is 11.9. The van der Waals surface area contributed by atoms with Gasteiger partial charge in [-0.25, -0.2) is 9.59 Å². The molecule has 2 heterocycles. The summed E-state index contributed by atoms with van der Waals surface area (Å²) >= 11 is 1.23. The quantitative estimate of drug-likeness (QED) is 0.447. The van der Waals surface area contributed by atoms with E-state index in [-0.39, 0.29) is 0 Å². The molecule has 0 aliphatic rings.